The number of aryl methyl sites for hydroxylation is 2. The number of hydrogen-bond acceptors (Lipinski definition) is 5. The number of carbonyl (C=O) groups excluding carboxylic acids is 1. The Morgan fingerprint density at radius 1 is 1.14 bits per heavy atom. The molecule has 2 heterocycles. The predicted molar refractivity (Wildman–Crippen MR) is 112 cm³/mol. The molecule has 2 N–H and O–H groups in total. The van der Waals surface area contributed by atoms with E-state index in [-0.39, 0.29) is 17.2 Å². The minimum atomic E-state index is -0.367. The number of hydrogen-bond donors (Lipinski definition) is 2. The highest BCUT2D eigenvalue weighted by molar-refractivity contribution is 8.00. The second-order valence-electron chi connectivity index (χ2n) is 6.84. The van der Waals surface area contributed by atoms with Crippen molar-refractivity contribution >= 4 is 23.4 Å². The molecule has 0 saturated carbocycles. The number of nitrogens with one attached hydrogen (secondary N) is 2. The lowest BCUT2D eigenvalue weighted by Crippen LogP contribution is -2.41. The van der Waals surface area contributed by atoms with Crippen LogP contribution in [0.15, 0.2) is 59.8 Å². The summed E-state index contributed by atoms with van der Waals surface area (Å²) in [5.41, 5.74) is 6.41. The minimum Gasteiger partial charge on any atom is -0.325 e. The summed E-state index contributed by atoms with van der Waals surface area (Å²) < 4.78 is 1.93. The molecule has 1 aliphatic heterocycles. The van der Waals surface area contributed by atoms with E-state index in [9.17, 15) is 4.79 Å². The molecule has 0 saturated heterocycles. The first-order valence-electron chi connectivity index (χ1n) is 9.46. The fourth-order valence-corrected chi connectivity index (χ4v) is 4.41. The first-order chi connectivity index (χ1) is 13.7. The highest BCUT2D eigenvalue weighted by Gasteiger charge is 2.37. The summed E-state index contributed by atoms with van der Waals surface area (Å²) in [6, 6.07) is 17.7. The average Bonchev–Trinajstić information content (AvgIpc) is 3.11. The number of benzene rings is 2. The zero-order valence-corrected chi connectivity index (χ0v) is 16.7. The lowest BCUT2D eigenvalue weighted by Gasteiger charge is -2.33. The van der Waals surface area contributed by atoms with Crippen LogP contribution in [0.25, 0.3) is 0 Å². The van der Waals surface area contributed by atoms with Crippen molar-refractivity contribution in [3.8, 4) is 0 Å². The molecule has 28 heavy (non-hydrogen) atoms. The standard InChI is InChI=1S/C21H23N5OS/c1-3-9-17-23-24-21-26(17)25-18(15-11-5-4-6-12-15)19(28-21)20(27)22-16-13-8-7-10-14(16)2/h4-8,10-13,18-19,25H,3,9H2,1-2H3,(H,22,27)/t18-,19-/m0/s1. The van der Waals surface area contributed by atoms with Gasteiger partial charge in [-0.25, -0.2) is 4.68 Å². The van der Waals surface area contributed by atoms with E-state index < -0.39 is 0 Å². The Bertz CT molecular complexity index is 972. The van der Waals surface area contributed by atoms with Crippen LogP contribution in [0.1, 0.15) is 36.3 Å². The fourth-order valence-electron chi connectivity index (χ4n) is 3.31. The molecule has 0 aliphatic carbocycles. The van der Waals surface area contributed by atoms with Crippen LogP contribution >= 0.6 is 11.8 Å². The number of amides is 1. The molecule has 1 amide bonds. The van der Waals surface area contributed by atoms with Crippen molar-refractivity contribution in [2.45, 2.75) is 43.1 Å². The topological polar surface area (TPSA) is 71.8 Å². The van der Waals surface area contributed by atoms with Gasteiger partial charge in [-0.05, 0) is 30.5 Å². The van der Waals surface area contributed by atoms with E-state index in [0.29, 0.717) is 0 Å². The third-order valence-electron chi connectivity index (χ3n) is 4.80. The number of rotatable bonds is 5. The Labute approximate surface area is 168 Å². The van der Waals surface area contributed by atoms with Crippen molar-refractivity contribution in [3.05, 3.63) is 71.5 Å². The molecule has 144 valence electrons. The maximum absolute atomic E-state index is 13.2. The molecule has 2 atom stereocenters. The highest BCUT2D eigenvalue weighted by Crippen LogP contribution is 2.37. The Hall–Kier alpha value is -2.80. The van der Waals surface area contributed by atoms with Crippen LogP contribution in [0.5, 0.6) is 0 Å². The van der Waals surface area contributed by atoms with Gasteiger partial charge in [0, 0.05) is 12.1 Å². The second kappa shape index (κ2) is 8.06. The van der Waals surface area contributed by atoms with Gasteiger partial charge in [0.1, 0.15) is 5.25 Å². The van der Waals surface area contributed by atoms with Crippen LogP contribution in [0.2, 0.25) is 0 Å². The summed E-state index contributed by atoms with van der Waals surface area (Å²) in [6.45, 7) is 4.11. The molecule has 1 aromatic heterocycles. The van der Waals surface area contributed by atoms with Gasteiger partial charge in [-0.1, -0.05) is 67.2 Å². The molecule has 0 radical (unpaired) electrons. The Balaban J connectivity index is 1.67. The number of para-hydroxylation sites is 1. The molecule has 0 spiro atoms. The number of fused-ring (bicyclic) bond motifs is 1. The summed E-state index contributed by atoms with van der Waals surface area (Å²) >= 11 is 1.45. The van der Waals surface area contributed by atoms with Crippen molar-refractivity contribution in [1.82, 2.24) is 14.9 Å². The fraction of sp³-hybridized carbons (Fsp3) is 0.286. The molecule has 0 fully saturated rings. The minimum absolute atomic E-state index is 0.0491. The van der Waals surface area contributed by atoms with Gasteiger partial charge >= 0.3 is 0 Å². The monoisotopic (exact) mass is 393 g/mol. The van der Waals surface area contributed by atoms with Gasteiger partial charge in [0.05, 0.1) is 6.04 Å². The van der Waals surface area contributed by atoms with Crippen LogP contribution in [0, 0.1) is 6.92 Å². The summed E-state index contributed by atoms with van der Waals surface area (Å²) in [4.78, 5) is 13.2. The predicted octanol–water partition coefficient (Wildman–Crippen LogP) is 3.94. The highest BCUT2D eigenvalue weighted by atomic mass is 32.2. The van der Waals surface area contributed by atoms with E-state index in [1.54, 1.807) is 0 Å². The van der Waals surface area contributed by atoms with Crippen LogP contribution < -0.4 is 10.7 Å². The molecule has 4 rings (SSSR count). The molecule has 7 heteroatoms. The number of nitrogens with zero attached hydrogens (tertiary/aromatic N) is 3. The van der Waals surface area contributed by atoms with Gasteiger partial charge in [-0.2, -0.15) is 0 Å². The lowest BCUT2D eigenvalue weighted by molar-refractivity contribution is -0.116. The van der Waals surface area contributed by atoms with E-state index in [2.05, 4.69) is 27.9 Å². The maximum atomic E-state index is 13.2. The number of aromatic nitrogens is 3. The average molecular weight is 394 g/mol. The Morgan fingerprint density at radius 3 is 2.64 bits per heavy atom. The smallest absolute Gasteiger partial charge is 0.240 e. The first-order valence-corrected chi connectivity index (χ1v) is 10.3. The number of carbonyl (C=O) groups is 1. The van der Waals surface area contributed by atoms with Gasteiger partial charge < -0.3 is 10.7 Å². The van der Waals surface area contributed by atoms with Crippen molar-refractivity contribution in [2.75, 3.05) is 10.7 Å². The molecule has 1 aliphatic rings. The number of anilines is 1. The molecule has 0 bridgehead atoms. The largest absolute Gasteiger partial charge is 0.325 e. The second-order valence-corrected chi connectivity index (χ2v) is 7.95. The van der Waals surface area contributed by atoms with E-state index in [1.165, 1.54) is 11.8 Å². The summed E-state index contributed by atoms with van der Waals surface area (Å²) in [7, 11) is 0. The zero-order chi connectivity index (χ0) is 19.5. The van der Waals surface area contributed by atoms with Gasteiger partial charge in [-0.3, -0.25) is 4.79 Å². The third-order valence-corrected chi connectivity index (χ3v) is 6.01. The summed E-state index contributed by atoms with van der Waals surface area (Å²) in [5, 5.41) is 12.0. The van der Waals surface area contributed by atoms with Crippen LogP contribution in [0.3, 0.4) is 0 Å². The molecular formula is C21H23N5OS. The lowest BCUT2D eigenvalue weighted by atomic mass is 10.0. The number of thioether (sulfide) groups is 1. The SMILES string of the molecule is CCCc1nnc2n1N[C@@H](c1ccccc1)[C@@H](C(=O)Nc1ccccc1C)S2. The zero-order valence-electron chi connectivity index (χ0n) is 15.9. The third kappa shape index (κ3) is 3.62. The van der Waals surface area contributed by atoms with Crippen molar-refractivity contribution < 1.29 is 4.79 Å². The van der Waals surface area contributed by atoms with Gasteiger partial charge in [0.25, 0.3) is 0 Å². The van der Waals surface area contributed by atoms with E-state index in [1.807, 2.05) is 66.2 Å². The summed E-state index contributed by atoms with van der Waals surface area (Å²) in [6.07, 6.45) is 1.82. The maximum Gasteiger partial charge on any atom is 0.240 e. The van der Waals surface area contributed by atoms with Gasteiger partial charge in [0.15, 0.2) is 5.82 Å². The van der Waals surface area contributed by atoms with Gasteiger partial charge in [-0.15, -0.1) is 10.2 Å². The van der Waals surface area contributed by atoms with E-state index in [0.717, 1.165) is 40.6 Å². The first kappa shape index (κ1) is 18.6. The molecule has 6 nitrogen and oxygen atoms in total. The quantitative estimate of drug-likeness (QED) is 0.687. The Kier molecular flexibility index (Phi) is 5.34. The van der Waals surface area contributed by atoms with Crippen molar-refractivity contribution in [2.24, 2.45) is 0 Å². The van der Waals surface area contributed by atoms with Crippen molar-refractivity contribution in [1.29, 1.82) is 0 Å². The molecular weight excluding hydrogens is 370 g/mol. The molecule has 2 aromatic carbocycles. The van der Waals surface area contributed by atoms with Crippen LogP contribution in [-0.4, -0.2) is 26.0 Å². The normalized spacial score (nSPS) is 18.2. The van der Waals surface area contributed by atoms with E-state index >= 15 is 0 Å². The summed E-state index contributed by atoms with van der Waals surface area (Å²) in [5.74, 6) is 0.843. The van der Waals surface area contributed by atoms with E-state index in [4.69, 9.17) is 0 Å². The van der Waals surface area contributed by atoms with Gasteiger partial charge in [0.2, 0.25) is 11.1 Å². The van der Waals surface area contributed by atoms with Crippen molar-refractivity contribution in [3.63, 3.8) is 0 Å². The Morgan fingerprint density at radius 2 is 1.89 bits per heavy atom. The molecule has 0 unspecified atom stereocenters. The molecule has 3 aromatic rings. The van der Waals surface area contributed by atoms with Crippen LogP contribution in [0.4, 0.5) is 5.69 Å². The van der Waals surface area contributed by atoms with Crippen LogP contribution in [-0.2, 0) is 11.2 Å².